The maximum Gasteiger partial charge on any atom is 0.150 e. The van der Waals surface area contributed by atoms with Gasteiger partial charge in [-0.15, -0.1) is 0 Å². The molecule has 0 amide bonds. The Morgan fingerprint density at radius 3 is 0.617 bits per heavy atom. The quantitative estimate of drug-likeness (QED) is 0.166. The van der Waals surface area contributed by atoms with Gasteiger partial charge in [-0.05, 0) is 162 Å². The SMILES string of the molecule is CC1(C)CC(C(=O)CN(CCN(CC(=O)C2CC(C)(C)N([O-])C(C)(C)C2)CC(=O)C2CC(C)(C)N([O-])C(C)(C)C2)CC(=O)C2CC(C)(C)N([O-])C(C)(C)C2)CC(C)(C)N1[O-]. The molecule has 0 bridgehead atoms. The summed E-state index contributed by atoms with van der Waals surface area (Å²) in [7, 11) is 0. The molecule has 0 aromatic rings. The molecule has 60 heavy (non-hydrogen) atoms. The van der Waals surface area contributed by atoms with Crippen LogP contribution in [0.5, 0.6) is 0 Å². The van der Waals surface area contributed by atoms with Gasteiger partial charge < -0.3 is 41.1 Å². The van der Waals surface area contributed by atoms with Crippen LogP contribution in [0.25, 0.3) is 0 Å². The number of piperidine rings is 4. The largest absolute Gasteiger partial charge is 0.784 e. The van der Waals surface area contributed by atoms with Gasteiger partial charge >= 0.3 is 0 Å². The van der Waals surface area contributed by atoms with Gasteiger partial charge in [0.05, 0.1) is 26.2 Å². The number of hydrogen-bond donors (Lipinski definition) is 0. The highest BCUT2D eigenvalue weighted by molar-refractivity contribution is 5.87. The first-order chi connectivity index (χ1) is 26.9. The molecule has 0 saturated carbocycles. The molecule has 4 heterocycles. The van der Waals surface area contributed by atoms with Gasteiger partial charge in [0, 0.05) is 81.1 Å². The van der Waals surface area contributed by atoms with Crippen molar-refractivity contribution in [2.75, 3.05) is 39.3 Å². The predicted octanol–water partition coefficient (Wildman–Crippen LogP) is 6.93. The van der Waals surface area contributed by atoms with Crippen molar-refractivity contribution in [2.24, 2.45) is 23.7 Å². The average molecular weight is 845 g/mol. The van der Waals surface area contributed by atoms with Crippen LogP contribution in [0.1, 0.15) is 162 Å². The standard InChI is InChI=1S/C46H80N6O8/c1-39(2)19-31(20-40(3,4)49(39)57)35(53)27-47(28-36(54)32-21-41(5,6)50(58)42(7,8)22-32)17-18-48(29-37(55)33-23-43(9,10)51(59)44(11,12)24-33)30-38(56)34-25-45(13,14)52(60)46(15,16)26-34/h31-34H,17-30H2,1-16H3/q-4. The van der Waals surface area contributed by atoms with Gasteiger partial charge in [0.15, 0.2) is 0 Å². The lowest BCUT2D eigenvalue weighted by Gasteiger charge is -2.60. The number of carbonyl (C=O) groups excluding carboxylic acids is 4. The van der Waals surface area contributed by atoms with Crippen molar-refractivity contribution in [3.05, 3.63) is 20.8 Å². The molecule has 4 fully saturated rings. The molecule has 0 aromatic carbocycles. The number of ketones is 4. The zero-order chi connectivity index (χ0) is 46.0. The van der Waals surface area contributed by atoms with E-state index in [1.807, 2.05) is 121 Å². The van der Waals surface area contributed by atoms with E-state index >= 15 is 0 Å². The molecule has 346 valence electrons. The Morgan fingerprint density at radius 1 is 0.350 bits per heavy atom. The number of rotatable bonds is 15. The van der Waals surface area contributed by atoms with Crippen LogP contribution in [0.2, 0.25) is 0 Å². The molecule has 0 unspecified atom stereocenters. The molecule has 0 N–H and O–H groups in total. The summed E-state index contributed by atoms with van der Waals surface area (Å²) in [6.07, 6.45) is 3.03. The van der Waals surface area contributed by atoms with E-state index in [-0.39, 0.29) is 62.4 Å². The van der Waals surface area contributed by atoms with Crippen LogP contribution in [0.4, 0.5) is 0 Å². The first kappa shape index (κ1) is 50.9. The first-order valence-corrected chi connectivity index (χ1v) is 22.4. The summed E-state index contributed by atoms with van der Waals surface area (Å²) in [5, 5.41) is 57.1. The van der Waals surface area contributed by atoms with Crippen LogP contribution in [0, 0.1) is 44.5 Å². The van der Waals surface area contributed by atoms with E-state index in [1.54, 1.807) is 0 Å². The van der Waals surface area contributed by atoms with Crippen LogP contribution in [-0.4, -0.2) is 137 Å². The van der Waals surface area contributed by atoms with Crippen LogP contribution in [-0.2, 0) is 19.2 Å². The summed E-state index contributed by atoms with van der Waals surface area (Å²) in [5.74, 6) is -1.87. The third kappa shape index (κ3) is 11.3. The minimum Gasteiger partial charge on any atom is -0.784 e. The van der Waals surface area contributed by atoms with Crippen molar-refractivity contribution >= 4 is 23.1 Å². The Bertz CT molecular complexity index is 1300. The molecule has 0 spiro atoms. The lowest BCUT2D eigenvalue weighted by atomic mass is 9.73. The summed E-state index contributed by atoms with van der Waals surface area (Å²) in [5.41, 5.74) is -6.11. The first-order valence-electron chi connectivity index (χ1n) is 22.4. The average Bonchev–Trinajstić information content (AvgIpc) is 3.08. The maximum atomic E-state index is 14.3. The van der Waals surface area contributed by atoms with Gasteiger partial charge in [-0.1, -0.05) is 0 Å². The third-order valence-electron chi connectivity index (χ3n) is 14.4. The molecule has 14 nitrogen and oxygen atoms in total. The molecule has 4 saturated heterocycles. The topological polar surface area (TPSA) is 180 Å². The smallest absolute Gasteiger partial charge is 0.150 e. The molecule has 4 aliphatic rings. The van der Waals surface area contributed by atoms with E-state index in [9.17, 15) is 40.0 Å². The number of carbonyl (C=O) groups is 4. The minimum absolute atomic E-state index is 0.0426. The van der Waals surface area contributed by atoms with Gasteiger partial charge in [0.2, 0.25) is 0 Å². The summed E-state index contributed by atoms with van der Waals surface area (Å²) in [6, 6.07) is 0. The highest BCUT2D eigenvalue weighted by atomic mass is 16.5. The van der Waals surface area contributed by atoms with Crippen molar-refractivity contribution in [1.82, 2.24) is 30.1 Å². The fourth-order valence-corrected chi connectivity index (χ4v) is 12.1. The van der Waals surface area contributed by atoms with E-state index < -0.39 is 68.0 Å². The Morgan fingerprint density at radius 2 is 0.483 bits per heavy atom. The van der Waals surface area contributed by atoms with E-state index in [2.05, 4.69) is 0 Å². The fraction of sp³-hybridized carbons (Fsp3) is 0.913. The second-order valence-corrected chi connectivity index (χ2v) is 24.4. The molecule has 0 aromatic heterocycles. The van der Waals surface area contributed by atoms with Gasteiger partial charge in [0.1, 0.15) is 23.1 Å². The zero-order valence-electron chi connectivity index (χ0n) is 40.2. The normalized spacial score (nSPS) is 27.6. The number of Topliss-reactive ketones (excluding diaryl/α,β-unsaturated/α-hetero) is 4. The lowest BCUT2D eigenvalue weighted by Crippen LogP contribution is -2.60. The Labute approximate surface area is 361 Å². The predicted molar refractivity (Wildman–Crippen MR) is 237 cm³/mol. The van der Waals surface area contributed by atoms with Crippen molar-refractivity contribution in [1.29, 1.82) is 0 Å². The molecular weight excluding hydrogens is 765 g/mol. The van der Waals surface area contributed by atoms with Crippen LogP contribution in [0.15, 0.2) is 0 Å². The Kier molecular flexibility index (Phi) is 14.7. The lowest BCUT2D eigenvalue weighted by molar-refractivity contribution is -0.136. The number of hydroxylamine groups is 8. The molecule has 0 atom stereocenters. The second-order valence-electron chi connectivity index (χ2n) is 24.4. The third-order valence-corrected chi connectivity index (χ3v) is 14.4. The maximum absolute atomic E-state index is 14.3. The summed E-state index contributed by atoms with van der Waals surface area (Å²) in [6.45, 7) is 29.9. The van der Waals surface area contributed by atoms with Crippen LogP contribution in [0.3, 0.4) is 0 Å². The number of hydrogen-bond acceptors (Lipinski definition) is 14. The van der Waals surface area contributed by atoms with Crippen molar-refractivity contribution < 1.29 is 19.2 Å². The van der Waals surface area contributed by atoms with Crippen molar-refractivity contribution in [3.63, 3.8) is 0 Å². The minimum atomic E-state index is -0.763. The van der Waals surface area contributed by atoms with E-state index in [0.29, 0.717) is 51.4 Å². The second kappa shape index (κ2) is 17.3. The van der Waals surface area contributed by atoms with E-state index in [1.165, 1.54) is 0 Å². The molecule has 14 heteroatoms. The van der Waals surface area contributed by atoms with Gasteiger partial charge in [-0.2, -0.15) is 0 Å². The van der Waals surface area contributed by atoms with Crippen LogP contribution < -0.4 is 0 Å². The van der Waals surface area contributed by atoms with Crippen LogP contribution >= 0.6 is 0 Å². The molecule has 0 aliphatic carbocycles. The highest BCUT2D eigenvalue weighted by Crippen LogP contribution is 2.44. The molecule has 4 aliphatic heterocycles. The summed E-state index contributed by atoms with van der Waals surface area (Å²) in [4.78, 5) is 60.9. The van der Waals surface area contributed by atoms with Crippen molar-refractivity contribution in [2.45, 2.75) is 206 Å². The zero-order valence-corrected chi connectivity index (χ0v) is 40.2. The monoisotopic (exact) mass is 845 g/mol. The summed E-state index contributed by atoms with van der Waals surface area (Å²) < 4.78 is 0. The van der Waals surface area contributed by atoms with E-state index in [0.717, 1.165) is 20.3 Å². The Hall–Kier alpha value is -1.72. The number of nitrogens with zero attached hydrogens (tertiary/aromatic N) is 6. The molecule has 0 radical (unpaired) electrons. The molecule has 4 rings (SSSR count). The highest BCUT2D eigenvalue weighted by Gasteiger charge is 2.47. The van der Waals surface area contributed by atoms with Gasteiger partial charge in [-0.25, -0.2) is 0 Å². The fourth-order valence-electron chi connectivity index (χ4n) is 12.1. The summed E-state index contributed by atoms with van der Waals surface area (Å²) >= 11 is 0. The van der Waals surface area contributed by atoms with E-state index in [4.69, 9.17) is 0 Å². The van der Waals surface area contributed by atoms with Crippen molar-refractivity contribution in [3.8, 4) is 0 Å². The Balaban J connectivity index is 1.64. The van der Waals surface area contributed by atoms with Gasteiger partial charge in [0.25, 0.3) is 0 Å². The molecular formula is C46H80N6O8-4. The van der Waals surface area contributed by atoms with Gasteiger partial charge in [-0.3, -0.25) is 29.0 Å².